The van der Waals surface area contributed by atoms with Crippen molar-refractivity contribution in [3.63, 3.8) is 0 Å². The number of nitrogens with one attached hydrogen (secondary N) is 1. The molecule has 0 saturated carbocycles. The van der Waals surface area contributed by atoms with E-state index in [1.165, 1.54) is 26.4 Å². The summed E-state index contributed by atoms with van der Waals surface area (Å²) in [6.07, 6.45) is 0. The first kappa shape index (κ1) is 20.6. The van der Waals surface area contributed by atoms with Crippen molar-refractivity contribution < 1.29 is 18.7 Å². The van der Waals surface area contributed by atoms with Gasteiger partial charge in [-0.15, -0.1) is 0 Å². The molecular formula is C21H23FN6O3. The van der Waals surface area contributed by atoms with Crippen molar-refractivity contribution in [3.05, 3.63) is 47.4 Å². The first-order valence-electron chi connectivity index (χ1n) is 9.82. The quantitative estimate of drug-likeness (QED) is 0.794. The Labute approximate surface area is 179 Å². The number of pyridine rings is 1. The molecule has 1 fully saturated rings. The van der Waals surface area contributed by atoms with Crippen molar-refractivity contribution in [1.29, 1.82) is 0 Å². The van der Waals surface area contributed by atoms with Crippen LogP contribution < -0.4 is 14.8 Å². The van der Waals surface area contributed by atoms with E-state index in [2.05, 4.69) is 20.3 Å². The van der Waals surface area contributed by atoms with E-state index in [0.29, 0.717) is 48.0 Å². The molecule has 31 heavy (non-hydrogen) atoms. The zero-order valence-corrected chi connectivity index (χ0v) is 17.7. The molecule has 1 atom stereocenters. The lowest BCUT2D eigenvalue weighted by Gasteiger charge is -2.38. The maximum absolute atomic E-state index is 13.5. The molecule has 0 bridgehead atoms. The molecule has 2 aliphatic heterocycles. The third-order valence-electron chi connectivity index (χ3n) is 5.20. The molecule has 9 nitrogen and oxygen atoms in total. The fourth-order valence-corrected chi connectivity index (χ4v) is 3.62. The summed E-state index contributed by atoms with van der Waals surface area (Å²) in [5.74, 6) is 1.28. The maximum Gasteiger partial charge on any atom is 0.330 e. The minimum atomic E-state index is -0.318. The van der Waals surface area contributed by atoms with Gasteiger partial charge in [-0.3, -0.25) is 15.1 Å². The molecule has 0 aliphatic carbocycles. The first-order valence-corrected chi connectivity index (χ1v) is 9.82. The van der Waals surface area contributed by atoms with Gasteiger partial charge in [0.25, 0.3) is 5.88 Å². The third kappa shape index (κ3) is 3.65. The minimum absolute atomic E-state index is 0.239. The van der Waals surface area contributed by atoms with Crippen LogP contribution in [0.1, 0.15) is 24.2 Å². The lowest BCUT2D eigenvalue weighted by Crippen LogP contribution is -2.62. The smallest absolute Gasteiger partial charge is 0.330 e. The van der Waals surface area contributed by atoms with E-state index in [9.17, 15) is 9.18 Å². The van der Waals surface area contributed by atoms with E-state index in [4.69, 9.17) is 9.47 Å². The molecule has 0 radical (unpaired) electrons. The molecular weight excluding hydrogens is 403 g/mol. The average molecular weight is 426 g/mol. The molecule has 3 heterocycles. The number of guanidine groups is 2. The lowest BCUT2D eigenvalue weighted by molar-refractivity contribution is 0.217. The Bertz CT molecular complexity index is 1070. The van der Waals surface area contributed by atoms with Crippen molar-refractivity contribution in [2.24, 2.45) is 9.98 Å². The largest absolute Gasteiger partial charge is 0.491 e. The van der Waals surface area contributed by atoms with Crippen LogP contribution in [0.25, 0.3) is 0 Å². The molecule has 2 aromatic rings. The number of rotatable bonds is 5. The maximum atomic E-state index is 13.5. The molecule has 0 spiro atoms. The second-order valence-electron chi connectivity index (χ2n) is 6.99. The Morgan fingerprint density at radius 2 is 2.00 bits per heavy atom. The number of aryl methyl sites for hydroxylation is 1. The number of hydrogen-bond acceptors (Lipinski definition) is 6. The van der Waals surface area contributed by atoms with Crippen molar-refractivity contribution >= 4 is 23.6 Å². The van der Waals surface area contributed by atoms with Crippen molar-refractivity contribution in [3.8, 4) is 11.6 Å². The summed E-state index contributed by atoms with van der Waals surface area (Å²) in [5, 5.41) is 2.85. The SMILES string of the molecule is CCN1C(=O)NC(=Nc2cc(OC)c(OC)nc2C)N2C1=NCC2c1ccc(F)cc1. The van der Waals surface area contributed by atoms with Gasteiger partial charge in [0.1, 0.15) is 5.82 Å². The molecule has 2 aliphatic rings. The number of halogens is 1. The summed E-state index contributed by atoms with van der Waals surface area (Å²) in [5.41, 5.74) is 1.98. The number of nitrogens with zero attached hydrogens (tertiary/aromatic N) is 5. The number of carbonyl (C=O) groups excluding carboxylic acids is 1. The monoisotopic (exact) mass is 426 g/mol. The van der Waals surface area contributed by atoms with Gasteiger partial charge in [-0.2, -0.15) is 0 Å². The standard InChI is InChI=1S/C21H23FN6O3/c1-5-27-20-23-11-16(13-6-8-14(22)9-7-13)28(20)19(26-21(27)29)25-15-10-17(30-3)18(31-4)24-12(15)2/h6-10,16H,5,11H2,1-4H3,(H,25,26,29). The van der Waals surface area contributed by atoms with Gasteiger partial charge < -0.3 is 9.47 Å². The molecule has 1 aromatic heterocycles. The van der Waals surface area contributed by atoms with Crippen LogP contribution in [0, 0.1) is 12.7 Å². The Hall–Kier alpha value is -3.69. The van der Waals surface area contributed by atoms with Crippen LogP contribution in [0.4, 0.5) is 14.9 Å². The molecule has 2 amide bonds. The molecule has 1 saturated heterocycles. The van der Waals surface area contributed by atoms with Crippen molar-refractivity contribution in [2.45, 2.75) is 19.9 Å². The number of benzene rings is 1. The van der Waals surface area contributed by atoms with Crippen LogP contribution in [0.2, 0.25) is 0 Å². The highest BCUT2D eigenvalue weighted by molar-refractivity contribution is 6.16. The minimum Gasteiger partial charge on any atom is -0.491 e. The van der Waals surface area contributed by atoms with E-state index in [1.807, 2.05) is 11.8 Å². The number of amides is 2. The summed E-state index contributed by atoms with van der Waals surface area (Å²) in [4.78, 5) is 29.7. The van der Waals surface area contributed by atoms with E-state index < -0.39 is 0 Å². The number of carbonyl (C=O) groups is 1. The van der Waals surface area contributed by atoms with E-state index in [0.717, 1.165) is 5.56 Å². The van der Waals surface area contributed by atoms with Crippen LogP contribution in [0.3, 0.4) is 0 Å². The van der Waals surface area contributed by atoms with E-state index in [-0.39, 0.29) is 17.9 Å². The summed E-state index contributed by atoms with van der Waals surface area (Å²) in [6.45, 7) is 4.52. The summed E-state index contributed by atoms with van der Waals surface area (Å²) in [6, 6.07) is 7.39. The zero-order valence-electron chi connectivity index (χ0n) is 17.7. The normalized spacial score (nSPS) is 19.3. The number of hydrogen-bond donors (Lipinski definition) is 1. The van der Waals surface area contributed by atoms with Gasteiger partial charge in [0, 0.05) is 12.6 Å². The number of aliphatic imine (C=N–C) groups is 2. The molecule has 162 valence electrons. The first-order chi connectivity index (χ1) is 15.0. The molecule has 1 N–H and O–H groups in total. The predicted molar refractivity (Wildman–Crippen MR) is 113 cm³/mol. The average Bonchev–Trinajstić information content (AvgIpc) is 3.20. The lowest BCUT2D eigenvalue weighted by atomic mass is 10.1. The fraction of sp³-hybridized carbons (Fsp3) is 0.333. The highest BCUT2D eigenvalue weighted by Gasteiger charge is 2.42. The van der Waals surface area contributed by atoms with Crippen LogP contribution in [0.15, 0.2) is 40.3 Å². The van der Waals surface area contributed by atoms with Crippen molar-refractivity contribution in [2.75, 3.05) is 27.3 Å². The number of fused-ring (bicyclic) bond motifs is 1. The Balaban J connectivity index is 1.79. The highest BCUT2D eigenvalue weighted by Crippen LogP contribution is 2.34. The third-order valence-corrected chi connectivity index (χ3v) is 5.20. The Morgan fingerprint density at radius 1 is 1.26 bits per heavy atom. The Morgan fingerprint density at radius 3 is 2.65 bits per heavy atom. The summed E-state index contributed by atoms with van der Waals surface area (Å²) < 4.78 is 24.0. The van der Waals surface area contributed by atoms with Gasteiger partial charge in [-0.25, -0.2) is 24.2 Å². The predicted octanol–water partition coefficient (Wildman–Crippen LogP) is 2.99. The Kier molecular flexibility index (Phi) is 5.45. The topological polar surface area (TPSA) is 91.7 Å². The second kappa shape index (κ2) is 8.21. The van der Waals surface area contributed by atoms with Crippen LogP contribution in [0.5, 0.6) is 11.6 Å². The summed E-state index contributed by atoms with van der Waals surface area (Å²) >= 11 is 0. The second-order valence-corrected chi connectivity index (χ2v) is 6.99. The van der Waals surface area contributed by atoms with E-state index in [1.54, 1.807) is 30.0 Å². The zero-order chi connectivity index (χ0) is 22.1. The fourth-order valence-electron chi connectivity index (χ4n) is 3.62. The number of urea groups is 1. The molecule has 10 heteroatoms. The molecule has 1 aromatic carbocycles. The van der Waals surface area contributed by atoms with Crippen LogP contribution >= 0.6 is 0 Å². The van der Waals surface area contributed by atoms with Crippen molar-refractivity contribution in [1.82, 2.24) is 20.1 Å². The number of ether oxygens (including phenoxy) is 2. The summed E-state index contributed by atoms with van der Waals surface area (Å²) in [7, 11) is 3.03. The van der Waals surface area contributed by atoms with Gasteiger partial charge in [-0.1, -0.05) is 12.1 Å². The van der Waals surface area contributed by atoms with Gasteiger partial charge in [0.15, 0.2) is 5.75 Å². The van der Waals surface area contributed by atoms with Gasteiger partial charge in [-0.05, 0) is 31.5 Å². The van der Waals surface area contributed by atoms with Gasteiger partial charge in [0.2, 0.25) is 11.9 Å². The number of methoxy groups -OCH3 is 2. The van der Waals surface area contributed by atoms with Crippen LogP contribution in [-0.4, -0.2) is 60.0 Å². The van der Waals surface area contributed by atoms with Gasteiger partial charge in [0.05, 0.1) is 38.2 Å². The van der Waals surface area contributed by atoms with E-state index >= 15 is 0 Å². The molecule has 1 unspecified atom stereocenters. The number of aromatic nitrogens is 1. The molecule has 4 rings (SSSR count). The van der Waals surface area contributed by atoms with Gasteiger partial charge >= 0.3 is 6.03 Å². The van der Waals surface area contributed by atoms with Crippen LogP contribution in [-0.2, 0) is 0 Å². The highest BCUT2D eigenvalue weighted by atomic mass is 19.1.